The molecule has 3 heterocycles. The lowest BCUT2D eigenvalue weighted by Crippen LogP contribution is -2.21. The molecule has 6 nitrogen and oxygen atoms in total. The van der Waals surface area contributed by atoms with E-state index in [1.54, 1.807) is 43.8 Å². The van der Waals surface area contributed by atoms with E-state index in [1.807, 2.05) is 30.3 Å². The van der Waals surface area contributed by atoms with Crippen molar-refractivity contribution < 1.29 is 23.8 Å². The number of nitrogens with zero attached hydrogens (tertiary/aromatic N) is 1. The van der Waals surface area contributed by atoms with Crippen LogP contribution in [0.2, 0.25) is 0 Å². The van der Waals surface area contributed by atoms with Crippen molar-refractivity contribution in [2.75, 3.05) is 7.11 Å². The van der Waals surface area contributed by atoms with Crippen LogP contribution in [0.15, 0.2) is 66.7 Å². The van der Waals surface area contributed by atoms with Crippen LogP contribution in [-0.4, -0.2) is 23.8 Å². The van der Waals surface area contributed by atoms with Gasteiger partial charge in [0.25, 0.3) is 0 Å². The maximum atomic E-state index is 12.9. The molecule has 1 atom stereocenters. The Kier molecular flexibility index (Phi) is 4.32. The Morgan fingerprint density at radius 1 is 1.07 bits per heavy atom. The number of methoxy groups -OCH3 is 1. The quantitative estimate of drug-likeness (QED) is 0.374. The number of fused-ring (bicyclic) bond motifs is 3. The predicted octanol–water partition coefficient (Wildman–Crippen LogP) is 4.15. The number of ether oxygens (including phenoxy) is 3. The highest BCUT2D eigenvalue weighted by atomic mass is 16.5. The first kappa shape index (κ1) is 18.1. The van der Waals surface area contributed by atoms with Gasteiger partial charge < -0.3 is 14.2 Å². The number of hydrogen-bond donors (Lipinski definition) is 0. The molecule has 148 valence electrons. The fourth-order valence-corrected chi connectivity index (χ4v) is 3.84. The van der Waals surface area contributed by atoms with Gasteiger partial charge in [0.05, 0.1) is 19.1 Å². The smallest absolute Gasteiger partial charge is 0.312 e. The molecule has 2 aliphatic rings. The fourth-order valence-electron chi connectivity index (χ4n) is 3.84. The molecular weight excluding hydrogens is 382 g/mol. The molecule has 1 aromatic heterocycles. The summed E-state index contributed by atoms with van der Waals surface area (Å²) in [7, 11) is 1.60. The van der Waals surface area contributed by atoms with Crippen molar-refractivity contribution in [3.05, 3.63) is 88.9 Å². The van der Waals surface area contributed by atoms with Gasteiger partial charge in [0.2, 0.25) is 5.78 Å². The average Bonchev–Trinajstić information content (AvgIpc) is 3.09. The lowest BCUT2D eigenvalue weighted by Gasteiger charge is -2.26. The Bertz CT molecular complexity index is 1180. The third-order valence-corrected chi connectivity index (χ3v) is 5.28. The molecule has 0 spiro atoms. The van der Waals surface area contributed by atoms with Crippen molar-refractivity contribution in [2.24, 2.45) is 0 Å². The number of pyridine rings is 1. The summed E-state index contributed by atoms with van der Waals surface area (Å²) in [6.07, 6.45) is 5.15. The molecule has 0 fully saturated rings. The Labute approximate surface area is 172 Å². The fraction of sp³-hybridized carbons (Fsp3) is 0.125. The highest BCUT2D eigenvalue weighted by Gasteiger charge is 2.38. The summed E-state index contributed by atoms with van der Waals surface area (Å²) in [6.45, 7) is 0. The lowest BCUT2D eigenvalue weighted by molar-refractivity contribution is -0.135. The number of esters is 1. The predicted molar refractivity (Wildman–Crippen MR) is 109 cm³/mol. The minimum Gasteiger partial charge on any atom is -0.497 e. The zero-order valence-corrected chi connectivity index (χ0v) is 16.1. The summed E-state index contributed by atoms with van der Waals surface area (Å²) >= 11 is 0. The Morgan fingerprint density at radius 3 is 2.63 bits per heavy atom. The monoisotopic (exact) mass is 399 g/mol. The standard InChI is InChI=1S/C24H17NO5/c1-28-16-6-4-15(5-7-16)18-12-21(26)29-19-9-8-17-23(27)20(30-24(17)22(18)19)11-14-3-2-10-25-13-14/h2-11,13,18H,12H2,1H3/b20-11-/t18-/m0/s1. The molecule has 2 aliphatic heterocycles. The second-order valence-electron chi connectivity index (χ2n) is 7.08. The van der Waals surface area contributed by atoms with E-state index in [0.717, 1.165) is 16.9 Å². The Hall–Kier alpha value is -3.93. The van der Waals surface area contributed by atoms with Crippen molar-refractivity contribution in [3.63, 3.8) is 0 Å². The van der Waals surface area contributed by atoms with Gasteiger partial charge in [-0.2, -0.15) is 0 Å². The van der Waals surface area contributed by atoms with Gasteiger partial charge in [0.1, 0.15) is 17.2 Å². The maximum absolute atomic E-state index is 12.9. The van der Waals surface area contributed by atoms with Crippen molar-refractivity contribution in [1.82, 2.24) is 4.98 Å². The number of Topliss-reactive ketones (excluding diaryl/α,β-unsaturated/α-hetero) is 1. The van der Waals surface area contributed by atoms with Gasteiger partial charge >= 0.3 is 5.97 Å². The molecule has 30 heavy (non-hydrogen) atoms. The van der Waals surface area contributed by atoms with Gasteiger partial charge in [-0.15, -0.1) is 0 Å². The molecule has 0 unspecified atom stereocenters. The number of carbonyl (C=O) groups excluding carboxylic acids is 2. The Morgan fingerprint density at radius 2 is 1.90 bits per heavy atom. The van der Waals surface area contributed by atoms with Crippen LogP contribution >= 0.6 is 0 Å². The van der Waals surface area contributed by atoms with Crippen molar-refractivity contribution >= 4 is 17.8 Å². The Balaban J connectivity index is 1.60. The molecule has 6 heteroatoms. The molecule has 0 aliphatic carbocycles. The number of ketones is 1. The molecule has 0 saturated heterocycles. The van der Waals surface area contributed by atoms with Gasteiger partial charge in [-0.1, -0.05) is 18.2 Å². The molecule has 3 aromatic rings. The lowest BCUT2D eigenvalue weighted by atomic mass is 9.84. The second kappa shape index (κ2) is 7.15. The van der Waals surface area contributed by atoms with Crippen LogP contribution in [0.5, 0.6) is 17.2 Å². The van der Waals surface area contributed by atoms with Crippen molar-refractivity contribution in [3.8, 4) is 17.2 Å². The van der Waals surface area contributed by atoms with Crippen LogP contribution < -0.4 is 14.2 Å². The maximum Gasteiger partial charge on any atom is 0.312 e. The number of allylic oxidation sites excluding steroid dienone is 1. The SMILES string of the molecule is COc1ccc([C@@H]2CC(=O)Oc3ccc4c(c32)O/C(=C\c2cccnc2)C4=O)cc1. The third-order valence-electron chi connectivity index (χ3n) is 5.28. The van der Waals surface area contributed by atoms with Crippen molar-refractivity contribution in [2.45, 2.75) is 12.3 Å². The molecule has 2 aromatic carbocycles. The van der Waals surface area contributed by atoms with E-state index >= 15 is 0 Å². The first-order valence-electron chi connectivity index (χ1n) is 9.50. The van der Waals surface area contributed by atoms with E-state index in [-0.39, 0.29) is 29.9 Å². The number of benzene rings is 2. The van der Waals surface area contributed by atoms with E-state index in [2.05, 4.69) is 4.98 Å². The summed E-state index contributed by atoms with van der Waals surface area (Å²) in [4.78, 5) is 29.2. The number of hydrogen-bond acceptors (Lipinski definition) is 6. The van der Waals surface area contributed by atoms with Crippen LogP contribution in [-0.2, 0) is 4.79 Å². The van der Waals surface area contributed by atoms with Crippen LogP contribution in [0, 0.1) is 0 Å². The zero-order valence-electron chi connectivity index (χ0n) is 16.1. The number of aromatic nitrogens is 1. The largest absolute Gasteiger partial charge is 0.497 e. The average molecular weight is 399 g/mol. The molecule has 0 bridgehead atoms. The molecule has 0 amide bonds. The van der Waals surface area contributed by atoms with E-state index in [0.29, 0.717) is 22.6 Å². The van der Waals surface area contributed by atoms with E-state index in [4.69, 9.17) is 14.2 Å². The van der Waals surface area contributed by atoms with Gasteiger partial charge in [0.15, 0.2) is 5.76 Å². The zero-order chi connectivity index (χ0) is 20.7. The number of carbonyl (C=O) groups is 2. The van der Waals surface area contributed by atoms with E-state index in [9.17, 15) is 9.59 Å². The van der Waals surface area contributed by atoms with E-state index in [1.165, 1.54) is 0 Å². The topological polar surface area (TPSA) is 74.7 Å². The van der Waals surface area contributed by atoms with E-state index < -0.39 is 0 Å². The van der Waals surface area contributed by atoms with Crippen LogP contribution in [0.4, 0.5) is 0 Å². The van der Waals surface area contributed by atoms with Crippen LogP contribution in [0.25, 0.3) is 6.08 Å². The number of rotatable bonds is 3. The first-order valence-corrected chi connectivity index (χ1v) is 9.50. The molecule has 0 radical (unpaired) electrons. The molecular formula is C24H17NO5. The first-order chi connectivity index (χ1) is 14.6. The normalized spacial score (nSPS) is 18.4. The minimum absolute atomic E-state index is 0.162. The molecule has 5 rings (SSSR count). The van der Waals surface area contributed by atoms with Gasteiger partial charge in [-0.3, -0.25) is 14.6 Å². The highest BCUT2D eigenvalue weighted by Crippen LogP contribution is 2.49. The summed E-state index contributed by atoms with van der Waals surface area (Å²) in [5.41, 5.74) is 2.85. The van der Waals surface area contributed by atoms with Crippen molar-refractivity contribution in [1.29, 1.82) is 0 Å². The van der Waals surface area contributed by atoms with Gasteiger partial charge in [-0.05, 0) is 47.5 Å². The third kappa shape index (κ3) is 3.03. The summed E-state index contributed by atoms with van der Waals surface area (Å²) in [6, 6.07) is 14.5. The second-order valence-corrected chi connectivity index (χ2v) is 7.08. The molecule has 0 saturated carbocycles. The van der Waals surface area contributed by atoms with Gasteiger partial charge in [-0.25, -0.2) is 0 Å². The van der Waals surface area contributed by atoms with Crippen LogP contribution in [0.1, 0.15) is 39.4 Å². The van der Waals surface area contributed by atoms with Gasteiger partial charge in [0, 0.05) is 23.9 Å². The minimum atomic E-state index is -0.321. The van der Waals surface area contributed by atoms with Crippen LogP contribution in [0.3, 0.4) is 0 Å². The summed E-state index contributed by atoms with van der Waals surface area (Å²) in [5.74, 6) is 0.996. The summed E-state index contributed by atoms with van der Waals surface area (Å²) < 4.78 is 16.7. The molecule has 0 N–H and O–H groups in total. The summed E-state index contributed by atoms with van der Waals surface area (Å²) in [5, 5.41) is 0. The highest BCUT2D eigenvalue weighted by molar-refractivity contribution is 6.15.